The van der Waals surface area contributed by atoms with Gasteiger partial charge in [-0.3, -0.25) is 0 Å². The van der Waals surface area contributed by atoms with Crippen LogP contribution in [-0.4, -0.2) is 37.3 Å². The molecule has 0 aliphatic rings. The molecule has 1 heterocycles. The van der Waals surface area contributed by atoms with Gasteiger partial charge in [0.05, 0.1) is 12.5 Å². The van der Waals surface area contributed by atoms with Crippen molar-refractivity contribution in [2.24, 2.45) is 0 Å². The molecule has 5 heteroatoms. The second-order valence-corrected chi connectivity index (χ2v) is 3.21. The second-order valence-electron chi connectivity index (χ2n) is 2.94. The molecule has 78 valence electrons. The second kappa shape index (κ2) is 5.78. The van der Waals surface area contributed by atoms with Gasteiger partial charge in [0.1, 0.15) is 0 Å². The Morgan fingerprint density at radius 2 is 2.07 bits per heavy atom. The highest BCUT2D eigenvalue weighted by molar-refractivity contribution is 6.17. The molecule has 0 fully saturated rings. The van der Waals surface area contributed by atoms with Crippen LogP contribution in [-0.2, 0) is 10.6 Å². The molecule has 0 bridgehead atoms. The molecule has 4 nitrogen and oxygen atoms in total. The van der Waals surface area contributed by atoms with E-state index in [2.05, 4.69) is 9.97 Å². The number of aromatic nitrogens is 2. The Hall–Kier alpha value is -0.870. The first-order valence-electron chi connectivity index (χ1n) is 4.35. The number of rotatable bonds is 5. The van der Waals surface area contributed by atoms with Crippen molar-refractivity contribution in [2.75, 3.05) is 32.2 Å². The maximum absolute atomic E-state index is 5.63. The van der Waals surface area contributed by atoms with Crippen LogP contribution in [0.5, 0.6) is 0 Å². The van der Waals surface area contributed by atoms with E-state index in [4.69, 9.17) is 16.3 Å². The molecule has 0 saturated heterocycles. The molecule has 0 N–H and O–H groups in total. The molecule has 0 aliphatic carbocycles. The van der Waals surface area contributed by atoms with Gasteiger partial charge in [-0.2, -0.15) is 0 Å². The van der Waals surface area contributed by atoms with Gasteiger partial charge in [0.2, 0.25) is 5.95 Å². The number of nitrogens with zero attached hydrogens (tertiary/aromatic N) is 3. The lowest BCUT2D eigenvalue weighted by Crippen LogP contribution is -2.24. The highest BCUT2D eigenvalue weighted by Crippen LogP contribution is 2.06. The molecule has 0 unspecified atom stereocenters. The minimum Gasteiger partial charge on any atom is -0.383 e. The van der Waals surface area contributed by atoms with Crippen LogP contribution in [0.15, 0.2) is 12.4 Å². The van der Waals surface area contributed by atoms with Crippen molar-refractivity contribution in [3.63, 3.8) is 0 Å². The van der Waals surface area contributed by atoms with Crippen LogP contribution in [0, 0.1) is 0 Å². The van der Waals surface area contributed by atoms with Crippen LogP contribution in [0.4, 0.5) is 5.95 Å². The summed E-state index contributed by atoms with van der Waals surface area (Å²) >= 11 is 5.63. The average molecular weight is 216 g/mol. The lowest BCUT2D eigenvalue weighted by molar-refractivity contribution is 0.206. The molecule has 0 aromatic carbocycles. The zero-order valence-electron chi connectivity index (χ0n) is 8.40. The maximum atomic E-state index is 5.63. The Labute approximate surface area is 88.9 Å². The molecule has 0 spiro atoms. The molecule has 0 atom stereocenters. The van der Waals surface area contributed by atoms with Gasteiger partial charge in [0.15, 0.2) is 0 Å². The van der Waals surface area contributed by atoms with Crippen LogP contribution >= 0.6 is 11.6 Å². The molecule has 0 radical (unpaired) electrons. The third kappa shape index (κ3) is 3.12. The number of alkyl halides is 1. The molecule has 1 aromatic rings. The Balaban J connectivity index is 2.57. The number of likely N-dealkylation sites (N-methyl/N-ethyl adjacent to an activating group) is 1. The molecular weight excluding hydrogens is 202 g/mol. The number of methoxy groups -OCH3 is 1. The smallest absolute Gasteiger partial charge is 0.225 e. The molecule has 1 aromatic heterocycles. The summed E-state index contributed by atoms with van der Waals surface area (Å²) < 4.78 is 4.96. The van der Waals surface area contributed by atoms with Gasteiger partial charge in [-0.15, -0.1) is 11.6 Å². The van der Waals surface area contributed by atoms with E-state index in [1.165, 1.54) is 0 Å². The monoisotopic (exact) mass is 215 g/mol. The average Bonchev–Trinajstić information content (AvgIpc) is 2.26. The number of anilines is 1. The number of halogens is 1. The summed E-state index contributed by atoms with van der Waals surface area (Å²) in [4.78, 5) is 10.3. The van der Waals surface area contributed by atoms with Crippen molar-refractivity contribution in [2.45, 2.75) is 5.88 Å². The molecule has 14 heavy (non-hydrogen) atoms. The summed E-state index contributed by atoms with van der Waals surface area (Å²) in [5.74, 6) is 1.14. The van der Waals surface area contributed by atoms with Gasteiger partial charge in [-0.25, -0.2) is 9.97 Å². The van der Waals surface area contributed by atoms with E-state index in [9.17, 15) is 0 Å². The minimum atomic E-state index is 0.446. The van der Waals surface area contributed by atoms with E-state index in [1.54, 1.807) is 19.5 Å². The van der Waals surface area contributed by atoms with E-state index in [-0.39, 0.29) is 0 Å². The maximum Gasteiger partial charge on any atom is 0.225 e. The van der Waals surface area contributed by atoms with E-state index < -0.39 is 0 Å². The Morgan fingerprint density at radius 3 is 2.57 bits per heavy atom. The number of ether oxygens (including phenoxy) is 1. The topological polar surface area (TPSA) is 38.2 Å². The summed E-state index contributed by atoms with van der Waals surface area (Å²) in [7, 11) is 3.60. The van der Waals surface area contributed by atoms with Crippen LogP contribution in [0.3, 0.4) is 0 Å². The van der Waals surface area contributed by atoms with Crippen molar-refractivity contribution in [1.82, 2.24) is 9.97 Å². The Bertz CT molecular complexity index is 265. The van der Waals surface area contributed by atoms with Gasteiger partial charge in [0.25, 0.3) is 0 Å². The van der Waals surface area contributed by atoms with Crippen molar-refractivity contribution < 1.29 is 4.74 Å². The normalized spacial score (nSPS) is 10.2. The first-order chi connectivity index (χ1) is 6.77. The van der Waals surface area contributed by atoms with Gasteiger partial charge < -0.3 is 9.64 Å². The first-order valence-corrected chi connectivity index (χ1v) is 4.88. The van der Waals surface area contributed by atoms with Gasteiger partial charge >= 0.3 is 0 Å². The predicted octanol–water partition coefficient (Wildman–Crippen LogP) is 1.30. The van der Waals surface area contributed by atoms with Crippen LogP contribution in [0.1, 0.15) is 5.56 Å². The van der Waals surface area contributed by atoms with Crippen molar-refractivity contribution in [3.05, 3.63) is 18.0 Å². The molecular formula is C9H14ClN3O. The number of hydrogen-bond acceptors (Lipinski definition) is 4. The third-order valence-corrected chi connectivity index (χ3v) is 2.13. The first kappa shape index (κ1) is 11.2. The standard InChI is InChI=1S/C9H14ClN3O/c1-13(3-4-14-2)9-11-6-8(5-10)7-12-9/h6-7H,3-5H2,1-2H3. The Morgan fingerprint density at radius 1 is 1.43 bits per heavy atom. The predicted molar refractivity (Wildman–Crippen MR) is 56.7 cm³/mol. The fraction of sp³-hybridized carbons (Fsp3) is 0.556. The quantitative estimate of drug-likeness (QED) is 0.694. The van der Waals surface area contributed by atoms with Gasteiger partial charge in [0, 0.05) is 38.7 Å². The van der Waals surface area contributed by atoms with Crippen LogP contribution in [0.25, 0.3) is 0 Å². The SMILES string of the molecule is COCCN(C)c1ncc(CCl)cn1. The van der Waals surface area contributed by atoms with Crippen molar-refractivity contribution >= 4 is 17.5 Å². The summed E-state index contributed by atoms with van der Waals surface area (Å²) in [6, 6.07) is 0. The van der Waals surface area contributed by atoms with E-state index in [0.717, 1.165) is 12.1 Å². The van der Waals surface area contributed by atoms with E-state index in [1.807, 2.05) is 11.9 Å². The summed E-state index contributed by atoms with van der Waals surface area (Å²) in [6.45, 7) is 1.44. The lowest BCUT2D eigenvalue weighted by atomic mass is 10.4. The van der Waals surface area contributed by atoms with Crippen LogP contribution < -0.4 is 4.90 Å². The summed E-state index contributed by atoms with van der Waals surface area (Å²) in [6.07, 6.45) is 3.47. The molecule has 0 saturated carbocycles. The zero-order valence-corrected chi connectivity index (χ0v) is 9.16. The fourth-order valence-electron chi connectivity index (χ4n) is 0.942. The largest absolute Gasteiger partial charge is 0.383 e. The molecule has 0 amide bonds. The summed E-state index contributed by atoms with van der Waals surface area (Å²) in [5, 5.41) is 0. The highest BCUT2D eigenvalue weighted by Gasteiger charge is 2.02. The minimum absolute atomic E-state index is 0.446. The summed E-state index contributed by atoms with van der Waals surface area (Å²) in [5.41, 5.74) is 0.926. The van der Waals surface area contributed by atoms with Gasteiger partial charge in [-0.1, -0.05) is 0 Å². The third-order valence-electron chi connectivity index (χ3n) is 1.82. The van der Waals surface area contributed by atoms with E-state index in [0.29, 0.717) is 18.4 Å². The number of hydrogen-bond donors (Lipinski definition) is 0. The molecule has 1 rings (SSSR count). The van der Waals surface area contributed by atoms with Crippen molar-refractivity contribution in [1.29, 1.82) is 0 Å². The Kier molecular flexibility index (Phi) is 4.62. The van der Waals surface area contributed by atoms with Gasteiger partial charge in [-0.05, 0) is 0 Å². The zero-order chi connectivity index (χ0) is 10.4. The fourth-order valence-corrected chi connectivity index (χ4v) is 1.08. The van der Waals surface area contributed by atoms with Crippen molar-refractivity contribution in [3.8, 4) is 0 Å². The lowest BCUT2D eigenvalue weighted by Gasteiger charge is -2.15. The van der Waals surface area contributed by atoms with Crippen LogP contribution in [0.2, 0.25) is 0 Å². The van der Waals surface area contributed by atoms with E-state index >= 15 is 0 Å². The highest BCUT2D eigenvalue weighted by atomic mass is 35.5. The molecule has 0 aliphatic heterocycles.